The third-order valence-electron chi connectivity index (χ3n) is 4.21. The Balaban J connectivity index is 0.000000366. The molecule has 0 aromatic heterocycles. The van der Waals surface area contributed by atoms with Gasteiger partial charge in [0.15, 0.2) is 0 Å². The van der Waals surface area contributed by atoms with Crippen molar-refractivity contribution in [3.05, 3.63) is 0 Å². The molecule has 0 aromatic carbocycles. The van der Waals surface area contributed by atoms with Crippen molar-refractivity contribution in [2.45, 2.75) is 84.9 Å². The highest BCUT2D eigenvalue weighted by Gasteiger charge is 2.37. The van der Waals surface area contributed by atoms with Crippen LogP contribution in [0.2, 0.25) is 0 Å². The molecule has 0 amide bonds. The highest BCUT2D eigenvalue weighted by Crippen LogP contribution is 2.31. The fraction of sp³-hybridized carbons (Fsp3) is 1.00. The molecule has 2 fully saturated rings. The monoisotopic (exact) mass is 317 g/mol. The fourth-order valence-corrected chi connectivity index (χ4v) is 2.69. The molecule has 0 bridgehead atoms. The lowest BCUT2D eigenvalue weighted by molar-refractivity contribution is -0.157. The first-order chi connectivity index (χ1) is 10.5. The molecule has 1 heterocycles. The summed E-state index contributed by atoms with van der Waals surface area (Å²) in [4.78, 5) is 0. The Morgan fingerprint density at radius 1 is 1.14 bits per heavy atom. The van der Waals surface area contributed by atoms with Crippen molar-refractivity contribution in [2.75, 3.05) is 26.9 Å². The van der Waals surface area contributed by atoms with Gasteiger partial charge in [-0.2, -0.15) is 0 Å². The van der Waals surface area contributed by atoms with Gasteiger partial charge in [0.25, 0.3) is 0 Å². The van der Waals surface area contributed by atoms with Gasteiger partial charge in [-0.3, -0.25) is 0 Å². The number of hydrogen-bond acceptors (Lipinski definition) is 4. The first-order valence-electron chi connectivity index (χ1n) is 8.87. The molecule has 0 atom stereocenters. The van der Waals surface area contributed by atoms with E-state index in [0.29, 0.717) is 17.6 Å². The van der Waals surface area contributed by atoms with Gasteiger partial charge in [0.05, 0.1) is 25.9 Å². The first-order valence-corrected chi connectivity index (χ1v) is 8.87. The quantitative estimate of drug-likeness (QED) is 0.788. The van der Waals surface area contributed by atoms with E-state index in [2.05, 4.69) is 39.9 Å². The molecule has 4 heteroatoms. The van der Waals surface area contributed by atoms with Crippen LogP contribution in [0.4, 0.5) is 0 Å². The van der Waals surface area contributed by atoms with Gasteiger partial charge in [-0.15, -0.1) is 0 Å². The molecule has 4 nitrogen and oxygen atoms in total. The summed E-state index contributed by atoms with van der Waals surface area (Å²) in [5, 5.41) is 10.5. The van der Waals surface area contributed by atoms with Crippen LogP contribution in [0.1, 0.15) is 66.7 Å². The Morgan fingerprint density at radius 2 is 1.68 bits per heavy atom. The lowest BCUT2D eigenvalue weighted by Crippen LogP contribution is -2.46. The first kappa shape index (κ1) is 21.8. The minimum atomic E-state index is 0.346. The van der Waals surface area contributed by atoms with Gasteiger partial charge in [-0.25, -0.2) is 0 Å². The van der Waals surface area contributed by atoms with E-state index < -0.39 is 0 Å². The number of hydrogen-bond donors (Lipinski definition) is 2. The second kappa shape index (κ2) is 12.3. The van der Waals surface area contributed by atoms with E-state index >= 15 is 0 Å². The summed E-state index contributed by atoms with van der Waals surface area (Å²) in [6.07, 6.45) is 7.18. The van der Waals surface area contributed by atoms with Crippen molar-refractivity contribution in [3.8, 4) is 0 Å². The van der Waals surface area contributed by atoms with Crippen molar-refractivity contribution in [1.82, 2.24) is 5.32 Å². The molecular formula is C18H39NO3. The predicted octanol–water partition coefficient (Wildman–Crippen LogP) is 3.37. The van der Waals surface area contributed by atoms with Crippen LogP contribution in [0.15, 0.2) is 0 Å². The number of rotatable bonds is 6. The van der Waals surface area contributed by atoms with Gasteiger partial charge in [-0.05, 0) is 33.1 Å². The van der Waals surface area contributed by atoms with Crippen molar-refractivity contribution < 1.29 is 14.6 Å². The molecule has 1 saturated heterocycles. The van der Waals surface area contributed by atoms with Gasteiger partial charge < -0.3 is 19.9 Å². The van der Waals surface area contributed by atoms with E-state index in [1.54, 1.807) is 0 Å². The van der Waals surface area contributed by atoms with Gasteiger partial charge in [0.1, 0.15) is 0 Å². The van der Waals surface area contributed by atoms with E-state index in [1.165, 1.54) is 32.1 Å². The maximum absolute atomic E-state index is 7.00. The van der Waals surface area contributed by atoms with Crippen LogP contribution in [-0.2, 0) is 9.47 Å². The normalized spacial score (nSPS) is 20.0. The van der Waals surface area contributed by atoms with Crippen LogP contribution < -0.4 is 5.32 Å². The van der Waals surface area contributed by atoms with Gasteiger partial charge in [0, 0.05) is 24.6 Å². The Labute approximate surface area is 138 Å². The lowest BCUT2D eigenvalue weighted by atomic mass is 9.84. The molecule has 1 aliphatic carbocycles. The summed E-state index contributed by atoms with van der Waals surface area (Å²) in [7, 11) is 1.00. The zero-order chi connectivity index (χ0) is 17.0. The standard InChI is InChI=1S/C9H18O2.C8H17N.CH4O/c1-4-9(5-10-6-9)7-11-8(2)3;1-7(2)9-8-5-3-4-6-8;1-2/h8H,4-7H2,1-3H3;7-9H,3-6H2,1-2H3;2H,1H3. The minimum Gasteiger partial charge on any atom is -0.400 e. The highest BCUT2D eigenvalue weighted by molar-refractivity contribution is 4.84. The average molecular weight is 318 g/mol. The van der Waals surface area contributed by atoms with Crippen LogP contribution in [-0.4, -0.2) is 50.2 Å². The van der Waals surface area contributed by atoms with Crippen LogP contribution in [0, 0.1) is 5.41 Å². The highest BCUT2D eigenvalue weighted by atomic mass is 16.5. The van der Waals surface area contributed by atoms with E-state index in [4.69, 9.17) is 14.6 Å². The minimum absolute atomic E-state index is 0.346. The molecule has 0 unspecified atom stereocenters. The third kappa shape index (κ3) is 9.09. The van der Waals surface area contributed by atoms with Crippen molar-refractivity contribution in [2.24, 2.45) is 5.41 Å². The Hall–Kier alpha value is -0.160. The molecular weight excluding hydrogens is 278 g/mol. The molecule has 1 saturated carbocycles. The van der Waals surface area contributed by atoms with Crippen LogP contribution in [0.5, 0.6) is 0 Å². The molecule has 0 radical (unpaired) electrons. The topological polar surface area (TPSA) is 50.7 Å². The molecule has 2 N–H and O–H groups in total. The zero-order valence-corrected chi connectivity index (χ0v) is 15.7. The fourth-order valence-electron chi connectivity index (χ4n) is 2.69. The number of ether oxygens (including phenoxy) is 2. The van der Waals surface area contributed by atoms with Crippen molar-refractivity contribution >= 4 is 0 Å². The molecule has 0 spiro atoms. The van der Waals surface area contributed by atoms with Crippen LogP contribution in [0.3, 0.4) is 0 Å². The van der Waals surface area contributed by atoms with E-state index in [0.717, 1.165) is 33.0 Å². The number of aliphatic hydroxyl groups excluding tert-OH is 1. The summed E-state index contributed by atoms with van der Waals surface area (Å²) in [6, 6.07) is 1.51. The Kier molecular flexibility index (Phi) is 12.2. The molecule has 1 aliphatic heterocycles. The van der Waals surface area contributed by atoms with Crippen LogP contribution in [0.25, 0.3) is 0 Å². The molecule has 0 aromatic rings. The van der Waals surface area contributed by atoms with Gasteiger partial charge in [-0.1, -0.05) is 33.6 Å². The third-order valence-corrected chi connectivity index (χ3v) is 4.21. The molecule has 22 heavy (non-hydrogen) atoms. The van der Waals surface area contributed by atoms with Crippen molar-refractivity contribution in [3.63, 3.8) is 0 Å². The summed E-state index contributed by atoms with van der Waals surface area (Å²) < 4.78 is 10.7. The van der Waals surface area contributed by atoms with Crippen LogP contribution >= 0.6 is 0 Å². The summed E-state index contributed by atoms with van der Waals surface area (Å²) in [6.45, 7) is 13.4. The number of nitrogens with one attached hydrogen (secondary N) is 1. The predicted molar refractivity (Wildman–Crippen MR) is 93.3 cm³/mol. The maximum atomic E-state index is 7.00. The van der Waals surface area contributed by atoms with E-state index in [-0.39, 0.29) is 0 Å². The summed E-state index contributed by atoms with van der Waals surface area (Å²) in [5.74, 6) is 0. The summed E-state index contributed by atoms with van der Waals surface area (Å²) in [5.41, 5.74) is 0.351. The molecule has 2 aliphatic rings. The largest absolute Gasteiger partial charge is 0.400 e. The van der Waals surface area contributed by atoms with Gasteiger partial charge in [0.2, 0.25) is 0 Å². The number of aliphatic hydroxyl groups is 1. The summed E-state index contributed by atoms with van der Waals surface area (Å²) >= 11 is 0. The lowest BCUT2D eigenvalue weighted by Gasteiger charge is -2.40. The SMILES string of the molecule is CC(C)NC1CCCC1.CCC1(COC(C)C)COC1.CO. The second-order valence-corrected chi connectivity index (χ2v) is 7.01. The molecule has 2 rings (SSSR count). The van der Waals surface area contributed by atoms with E-state index in [9.17, 15) is 0 Å². The average Bonchev–Trinajstić information content (AvgIpc) is 2.93. The van der Waals surface area contributed by atoms with Gasteiger partial charge >= 0.3 is 0 Å². The Bertz CT molecular complexity index is 241. The smallest absolute Gasteiger partial charge is 0.0570 e. The maximum Gasteiger partial charge on any atom is 0.0570 e. The van der Waals surface area contributed by atoms with Crippen molar-refractivity contribution in [1.29, 1.82) is 0 Å². The van der Waals surface area contributed by atoms with E-state index in [1.807, 2.05) is 0 Å². The molecule has 134 valence electrons. The zero-order valence-electron chi connectivity index (χ0n) is 15.7. The Morgan fingerprint density at radius 3 is 2.00 bits per heavy atom. The second-order valence-electron chi connectivity index (χ2n) is 7.01.